The summed E-state index contributed by atoms with van der Waals surface area (Å²) in [5, 5.41) is 10.9. The Morgan fingerprint density at radius 2 is 2.00 bits per heavy atom. The van der Waals surface area contributed by atoms with Crippen LogP contribution in [0, 0.1) is 0 Å². The van der Waals surface area contributed by atoms with Crippen molar-refractivity contribution < 1.29 is 14.7 Å². The molecule has 82 valence electrons. The van der Waals surface area contributed by atoms with Gasteiger partial charge in [-0.2, -0.15) is 0 Å². The van der Waals surface area contributed by atoms with E-state index in [1.54, 1.807) is 0 Å². The van der Waals surface area contributed by atoms with Crippen LogP contribution < -0.4 is 16.8 Å². The summed E-state index contributed by atoms with van der Waals surface area (Å²) in [6.45, 7) is 0.556. The highest BCUT2D eigenvalue weighted by atomic mass is 16.4. The van der Waals surface area contributed by atoms with E-state index in [4.69, 9.17) is 16.6 Å². The molecule has 6 nitrogen and oxygen atoms in total. The second-order valence-electron chi connectivity index (χ2n) is 2.98. The van der Waals surface area contributed by atoms with E-state index >= 15 is 0 Å². The van der Waals surface area contributed by atoms with Crippen LogP contribution >= 0.6 is 0 Å². The van der Waals surface area contributed by atoms with Gasteiger partial charge in [-0.25, -0.2) is 0 Å². The number of carboxylic acids is 1. The monoisotopic (exact) mass is 203 g/mol. The lowest BCUT2D eigenvalue weighted by atomic mass is 10.2. The lowest BCUT2D eigenvalue weighted by Gasteiger charge is -2.09. The maximum absolute atomic E-state index is 11.0. The molecule has 1 unspecified atom stereocenters. The summed E-state index contributed by atoms with van der Waals surface area (Å²) < 4.78 is 0. The third-order valence-corrected chi connectivity index (χ3v) is 1.71. The predicted octanol–water partition coefficient (Wildman–Crippen LogP) is -1.36. The van der Waals surface area contributed by atoms with Gasteiger partial charge in [0.05, 0.1) is 6.04 Å². The molecular weight excluding hydrogens is 186 g/mol. The van der Waals surface area contributed by atoms with E-state index in [1.807, 2.05) is 0 Å². The highest BCUT2D eigenvalue weighted by molar-refractivity contribution is 5.81. The SMILES string of the molecule is NCC(N)C(=O)NCCCCC(=O)O. The van der Waals surface area contributed by atoms with Gasteiger partial charge in [0.15, 0.2) is 0 Å². The Labute approximate surface area is 82.6 Å². The van der Waals surface area contributed by atoms with Crippen molar-refractivity contribution in [2.45, 2.75) is 25.3 Å². The molecule has 0 bridgehead atoms. The topological polar surface area (TPSA) is 118 Å². The molecule has 0 heterocycles. The van der Waals surface area contributed by atoms with Gasteiger partial charge in [0.25, 0.3) is 0 Å². The van der Waals surface area contributed by atoms with Gasteiger partial charge in [-0.05, 0) is 12.8 Å². The summed E-state index contributed by atoms with van der Waals surface area (Å²) in [7, 11) is 0. The van der Waals surface area contributed by atoms with Crippen molar-refractivity contribution in [3.05, 3.63) is 0 Å². The van der Waals surface area contributed by atoms with Crippen molar-refractivity contribution in [3.8, 4) is 0 Å². The normalized spacial score (nSPS) is 12.1. The third kappa shape index (κ3) is 6.38. The molecule has 0 aliphatic rings. The van der Waals surface area contributed by atoms with E-state index in [9.17, 15) is 9.59 Å². The second kappa shape index (κ2) is 7.28. The van der Waals surface area contributed by atoms with Gasteiger partial charge in [0.1, 0.15) is 0 Å². The zero-order valence-corrected chi connectivity index (χ0v) is 8.03. The Bertz CT molecular complexity index is 196. The van der Waals surface area contributed by atoms with Crippen molar-refractivity contribution in [1.29, 1.82) is 0 Å². The quantitative estimate of drug-likeness (QED) is 0.381. The number of carboxylic acid groups (broad SMARTS) is 1. The van der Waals surface area contributed by atoms with Crippen LogP contribution in [0.3, 0.4) is 0 Å². The van der Waals surface area contributed by atoms with Crippen molar-refractivity contribution in [2.75, 3.05) is 13.1 Å². The first-order valence-corrected chi connectivity index (χ1v) is 4.53. The number of nitrogens with two attached hydrogens (primary N) is 2. The van der Waals surface area contributed by atoms with E-state index in [0.29, 0.717) is 19.4 Å². The van der Waals surface area contributed by atoms with E-state index in [0.717, 1.165) is 0 Å². The largest absolute Gasteiger partial charge is 0.481 e. The minimum Gasteiger partial charge on any atom is -0.481 e. The molecule has 6 N–H and O–H groups in total. The zero-order chi connectivity index (χ0) is 11.0. The number of nitrogens with one attached hydrogen (secondary N) is 1. The standard InChI is InChI=1S/C8H17N3O3/c9-5-6(10)8(14)11-4-2-1-3-7(12)13/h6H,1-5,9-10H2,(H,11,14)(H,12,13). The highest BCUT2D eigenvalue weighted by Gasteiger charge is 2.09. The Kier molecular flexibility index (Phi) is 6.69. The van der Waals surface area contributed by atoms with Gasteiger partial charge in [0.2, 0.25) is 5.91 Å². The zero-order valence-electron chi connectivity index (χ0n) is 8.03. The van der Waals surface area contributed by atoms with E-state index in [1.165, 1.54) is 0 Å². The Balaban J connectivity index is 3.36. The van der Waals surface area contributed by atoms with Crippen LogP contribution in [-0.4, -0.2) is 36.1 Å². The molecule has 0 aromatic heterocycles. The lowest BCUT2D eigenvalue weighted by Crippen LogP contribution is -2.45. The minimum absolute atomic E-state index is 0.112. The fourth-order valence-electron chi connectivity index (χ4n) is 0.851. The van der Waals surface area contributed by atoms with Crippen LogP contribution in [-0.2, 0) is 9.59 Å². The van der Waals surface area contributed by atoms with Gasteiger partial charge in [-0.1, -0.05) is 0 Å². The number of hydrogen-bond acceptors (Lipinski definition) is 4. The molecule has 0 spiro atoms. The molecule has 0 radical (unpaired) electrons. The number of aliphatic carboxylic acids is 1. The molecule has 6 heteroatoms. The molecule has 1 amide bonds. The van der Waals surface area contributed by atoms with Crippen LogP contribution in [0.5, 0.6) is 0 Å². The smallest absolute Gasteiger partial charge is 0.303 e. The van der Waals surface area contributed by atoms with Crippen LogP contribution in [0.1, 0.15) is 19.3 Å². The predicted molar refractivity (Wildman–Crippen MR) is 51.5 cm³/mol. The van der Waals surface area contributed by atoms with E-state index in [-0.39, 0.29) is 18.9 Å². The van der Waals surface area contributed by atoms with Crippen LogP contribution in [0.25, 0.3) is 0 Å². The van der Waals surface area contributed by atoms with Crippen molar-refractivity contribution in [3.63, 3.8) is 0 Å². The first-order valence-electron chi connectivity index (χ1n) is 4.53. The Morgan fingerprint density at radius 3 is 2.50 bits per heavy atom. The molecule has 0 rings (SSSR count). The number of amides is 1. The molecule has 0 aliphatic carbocycles. The summed E-state index contributed by atoms with van der Waals surface area (Å²) in [6.07, 6.45) is 1.31. The molecule has 14 heavy (non-hydrogen) atoms. The van der Waals surface area contributed by atoms with Crippen molar-refractivity contribution in [2.24, 2.45) is 11.5 Å². The van der Waals surface area contributed by atoms with Crippen LogP contribution in [0.2, 0.25) is 0 Å². The average Bonchev–Trinajstić information content (AvgIpc) is 2.15. The Morgan fingerprint density at radius 1 is 1.36 bits per heavy atom. The third-order valence-electron chi connectivity index (χ3n) is 1.71. The number of carbonyl (C=O) groups excluding carboxylic acids is 1. The van der Waals surface area contributed by atoms with Gasteiger partial charge in [-0.15, -0.1) is 0 Å². The first kappa shape index (κ1) is 12.9. The number of unbranched alkanes of at least 4 members (excludes halogenated alkanes) is 1. The molecule has 0 saturated heterocycles. The summed E-state index contributed by atoms with van der Waals surface area (Å²) in [6, 6.07) is -0.672. The molecule has 0 aromatic carbocycles. The molecule has 0 fully saturated rings. The van der Waals surface area contributed by atoms with Crippen molar-refractivity contribution >= 4 is 11.9 Å². The maximum Gasteiger partial charge on any atom is 0.303 e. The summed E-state index contributed by atoms with van der Waals surface area (Å²) in [5.74, 6) is -1.11. The van der Waals surface area contributed by atoms with Crippen molar-refractivity contribution in [1.82, 2.24) is 5.32 Å². The number of carbonyl (C=O) groups is 2. The van der Waals surface area contributed by atoms with Gasteiger partial charge in [0, 0.05) is 19.5 Å². The number of rotatable bonds is 7. The summed E-state index contributed by atoms with van der Waals surface area (Å²) in [5.41, 5.74) is 10.5. The van der Waals surface area contributed by atoms with Gasteiger partial charge in [-0.3, -0.25) is 9.59 Å². The average molecular weight is 203 g/mol. The Hall–Kier alpha value is -1.14. The van der Waals surface area contributed by atoms with Crippen LogP contribution in [0.4, 0.5) is 0 Å². The molecule has 1 atom stereocenters. The molecule has 0 aliphatic heterocycles. The lowest BCUT2D eigenvalue weighted by molar-refractivity contribution is -0.137. The van der Waals surface area contributed by atoms with E-state index in [2.05, 4.69) is 5.32 Å². The van der Waals surface area contributed by atoms with Crippen LogP contribution in [0.15, 0.2) is 0 Å². The summed E-state index contributed by atoms with van der Waals surface area (Å²) in [4.78, 5) is 21.2. The molecular formula is C8H17N3O3. The molecule has 0 saturated carbocycles. The summed E-state index contributed by atoms with van der Waals surface area (Å²) >= 11 is 0. The first-order chi connectivity index (χ1) is 6.57. The number of hydrogen-bond donors (Lipinski definition) is 4. The van der Waals surface area contributed by atoms with Gasteiger partial charge < -0.3 is 21.9 Å². The fourth-order valence-corrected chi connectivity index (χ4v) is 0.851. The maximum atomic E-state index is 11.0. The minimum atomic E-state index is -0.824. The van der Waals surface area contributed by atoms with Gasteiger partial charge >= 0.3 is 5.97 Å². The van der Waals surface area contributed by atoms with E-state index < -0.39 is 12.0 Å². The highest BCUT2D eigenvalue weighted by Crippen LogP contribution is 1.93. The molecule has 0 aromatic rings. The fraction of sp³-hybridized carbons (Fsp3) is 0.750. The second-order valence-corrected chi connectivity index (χ2v) is 2.98.